The third kappa shape index (κ3) is 3.96. The van der Waals surface area contributed by atoms with Crippen LogP contribution in [0, 0.1) is 0 Å². The second kappa shape index (κ2) is 6.54. The zero-order valence-electron chi connectivity index (χ0n) is 14.9. The molecule has 0 spiro atoms. The Bertz CT molecular complexity index is 557. The zero-order chi connectivity index (χ0) is 16.6. The Morgan fingerprint density at radius 1 is 1.09 bits per heavy atom. The highest BCUT2D eigenvalue weighted by Gasteiger charge is 2.52. The minimum absolute atomic E-state index is 0.141. The fourth-order valence-electron chi connectivity index (χ4n) is 3.91. The van der Waals surface area contributed by atoms with Crippen LogP contribution in [0.25, 0.3) is 0 Å². The van der Waals surface area contributed by atoms with Crippen molar-refractivity contribution in [3.63, 3.8) is 0 Å². The molecule has 0 bridgehead atoms. The standard InChI is InChI=1S/C20H30O3/c1-13-5-7-17-15(3)12-22-18(17)10-14(2)6-8-19-20(4,23-19)11-16(21)9-13/h9-10,16,18-19,21H,5-8,11-12H2,1-4H3/b13-9+,14-10+/t16-,18-,19+,20+/m1/s1. The van der Waals surface area contributed by atoms with Gasteiger partial charge in [-0.2, -0.15) is 0 Å². The highest BCUT2D eigenvalue weighted by atomic mass is 16.6. The van der Waals surface area contributed by atoms with Gasteiger partial charge in [-0.05, 0) is 64.5 Å². The maximum Gasteiger partial charge on any atom is 0.0977 e. The van der Waals surface area contributed by atoms with E-state index in [4.69, 9.17) is 9.47 Å². The number of allylic oxidation sites excluding steroid dienone is 2. The van der Waals surface area contributed by atoms with Crippen LogP contribution in [0.4, 0.5) is 0 Å². The first-order chi connectivity index (χ1) is 10.9. The van der Waals surface area contributed by atoms with E-state index in [2.05, 4.69) is 33.8 Å². The second-order valence-corrected chi connectivity index (χ2v) is 7.79. The van der Waals surface area contributed by atoms with E-state index in [0.717, 1.165) is 32.3 Å². The summed E-state index contributed by atoms with van der Waals surface area (Å²) in [6.45, 7) is 9.36. The van der Waals surface area contributed by atoms with Gasteiger partial charge >= 0.3 is 0 Å². The minimum Gasteiger partial charge on any atom is -0.389 e. The number of fused-ring (bicyclic) bond motifs is 2. The summed E-state index contributed by atoms with van der Waals surface area (Å²) in [6, 6.07) is 0. The number of hydrogen-bond acceptors (Lipinski definition) is 3. The third-order valence-corrected chi connectivity index (χ3v) is 5.52. The Labute approximate surface area is 140 Å². The van der Waals surface area contributed by atoms with E-state index in [1.807, 2.05) is 6.08 Å². The Hall–Kier alpha value is -0.900. The molecule has 1 N–H and O–H groups in total. The van der Waals surface area contributed by atoms with Crippen molar-refractivity contribution in [1.29, 1.82) is 0 Å². The van der Waals surface area contributed by atoms with Crippen molar-refractivity contribution in [2.75, 3.05) is 6.61 Å². The lowest BCUT2D eigenvalue weighted by molar-refractivity contribution is 0.150. The summed E-state index contributed by atoms with van der Waals surface area (Å²) in [7, 11) is 0. The van der Waals surface area contributed by atoms with E-state index in [0.29, 0.717) is 6.42 Å². The summed E-state index contributed by atoms with van der Waals surface area (Å²) in [6.07, 6.45) is 9.09. The van der Waals surface area contributed by atoms with E-state index < -0.39 is 6.10 Å². The number of aliphatic hydroxyl groups is 1. The number of rotatable bonds is 0. The maximum absolute atomic E-state index is 10.3. The highest BCUT2D eigenvalue weighted by Crippen LogP contribution is 2.44. The highest BCUT2D eigenvalue weighted by molar-refractivity contribution is 5.29. The summed E-state index contributed by atoms with van der Waals surface area (Å²) in [5.41, 5.74) is 5.28. The quantitative estimate of drug-likeness (QED) is 0.540. The summed E-state index contributed by atoms with van der Waals surface area (Å²) in [4.78, 5) is 0. The van der Waals surface area contributed by atoms with Crippen molar-refractivity contribution in [3.8, 4) is 0 Å². The first-order valence-electron chi connectivity index (χ1n) is 8.88. The molecule has 0 radical (unpaired) electrons. The number of aliphatic hydroxyl groups excluding tert-OH is 1. The molecule has 3 heteroatoms. The monoisotopic (exact) mass is 318 g/mol. The Balaban J connectivity index is 1.80. The van der Waals surface area contributed by atoms with Crippen molar-refractivity contribution < 1.29 is 14.6 Å². The average Bonchev–Trinajstić information content (AvgIpc) is 2.97. The van der Waals surface area contributed by atoms with Gasteiger partial charge in [-0.25, -0.2) is 0 Å². The van der Waals surface area contributed by atoms with Crippen LogP contribution < -0.4 is 0 Å². The van der Waals surface area contributed by atoms with Crippen molar-refractivity contribution in [2.24, 2.45) is 0 Å². The van der Waals surface area contributed by atoms with Crippen molar-refractivity contribution in [2.45, 2.75) is 83.7 Å². The lowest BCUT2D eigenvalue weighted by atomic mass is 9.92. The fourth-order valence-corrected chi connectivity index (χ4v) is 3.91. The molecule has 1 aliphatic carbocycles. The molecule has 2 heterocycles. The lowest BCUT2D eigenvalue weighted by Crippen LogP contribution is -2.19. The zero-order valence-corrected chi connectivity index (χ0v) is 14.9. The molecule has 0 aromatic rings. The van der Waals surface area contributed by atoms with Crippen LogP contribution in [0.15, 0.2) is 34.4 Å². The molecular formula is C20H30O3. The molecule has 3 rings (SSSR count). The normalized spacial score (nSPS) is 43.6. The minimum atomic E-state index is -0.407. The first-order valence-corrected chi connectivity index (χ1v) is 8.88. The van der Waals surface area contributed by atoms with Gasteiger partial charge in [0.25, 0.3) is 0 Å². The predicted octanol–water partition coefficient (Wildman–Crippen LogP) is 4.08. The molecular weight excluding hydrogens is 288 g/mol. The summed E-state index contributed by atoms with van der Waals surface area (Å²) in [5, 5.41) is 10.3. The van der Waals surface area contributed by atoms with Gasteiger partial charge in [-0.15, -0.1) is 0 Å². The molecule has 1 fully saturated rings. The Morgan fingerprint density at radius 3 is 2.61 bits per heavy atom. The van der Waals surface area contributed by atoms with Crippen LogP contribution in [0.3, 0.4) is 0 Å². The molecule has 1 saturated heterocycles. The van der Waals surface area contributed by atoms with Gasteiger partial charge in [0.15, 0.2) is 0 Å². The lowest BCUT2D eigenvalue weighted by Gasteiger charge is -2.16. The molecule has 0 amide bonds. The SMILES string of the molecule is CC1=C2CC/C(C)=C/[C@@H](O)C[C@]3(C)O[C@H]3CC/C(C)=C/[C@H]2OC1. The van der Waals surface area contributed by atoms with E-state index in [1.165, 1.54) is 22.3 Å². The van der Waals surface area contributed by atoms with Crippen LogP contribution in [0.2, 0.25) is 0 Å². The second-order valence-electron chi connectivity index (χ2n) is 7.79. The Morgan fingerprint density at radius 2 is 1.83 bits per heavy atom. The molecule has 0 aromatic carbocycles. The third-order valence-electron chi connectivity index (χ3n) is 5.52. The molecule has 3 nitrogen and oxygen atoms in total. The number of hydrogen-bond donors (Lipinski definition) is 1. The summed E-state index contributed by atoms with van der Waals surface area (Å²) < 4.78 is 11.8. The van der Waals surface area contributed by atoms with Crippen molar-refractivity contribution in [1.82, 2.24) is 0 Å². The molecule has 0 unspecified atom stereocenters. The number of ether oxygens (including phenoxy) is 2. The average molecular weight is 318 g/mol. The van der Waals surface area contributed by atoms with Gasteiger partial charge < -0.3 is 14.6 Å². The smallest absolute Gasteiger partial charge is 0.0977 e. The molecule has 2 aliphatic heterocycles. The van der Waals surface area contributed by atoms with Gasteiger partial charge in [-0.3, -0.25) is 0 Å². The van der Waals surface area contributed by atoms with Crippen molar-refractivity contribution >= 4 is 0 Å². The van der Waals surface area contributed by atoms with Gasteiger partial charge in [0, 0.05) is 6.42 Å². The van der Waals surface area contributed by atoms with E-state index in [-0.39, 0.29) is 17.8 Å². The van der Waals surface area contributed by atoms with Gasteiger partial charge in [0.2, 0.25) is 0 Å². The summed E-state index contributed by atoms with van der Waals surface area (Å²) >= 11 is 0. The van der Waals surface area contributed by atoms with Gasteiger partial charge in [0.05, 0.1) is 30.5 Å². The van der Waals surface area contributed by atoms with Crippen molar-refractivity contribution in [3.05, 3.63) is 34.4 Å². The van der Waals surface area contributed by atoms with E-state index in [9.17, 15) is 5.11 Å². The van der Waals surface area contributed by atoms with Crippen LogP contribution in [-0.2, 0) is 9.47 Å². The van der Waals surface area contributed by atoms with E-state index in [1.54, 1.807) is 0 Å². The summed E-state index contributed by atoms with van der Waals surface area (Å²) in [5.74, 6) is 0. The molecule has 0 aromatic heterocycles. The van der Waals surface area contributed by atoms with E-state index >= 15 is 0 Å². The largest absolute Gasteiger partial charge is 0.389 e. The Kier molecular flexibility index (Phi) is 4.82. The predicted molar refractivity (Wildman–Crippen MR) is 92.3 cm³/mol. The first kappa shape index (κ1) is 16.9. The van der Waals surface area contributed by atoms with Gasteiger partial charge in [0.1, 0.15) is 0 Å². The maximum atomic E-state index is 10.3. The van der Waals surface area contributed by atoms with Crippen LogP contribution in [-0.4, -0.2) is 35.6 Å². The molecule has 0 saturated carbocycles. The molecule has 4 atom stereocenters. The topological polar surface area (TPSA) is 42.0 Å². The van der Waals surface area contributed by atoms with Crippen LogP contribution in [0.5, 0.6) is 0 Å². The number of epoxide rings is 1. The molecule has 128 valence electrons. The van der Waals surface area contributed by atoms with Crippen LogP contribution in [0.1, 0.15) is 59.8 Å². The van der Waals surface area contributed by atoms with Gasteiger partial charge in [-0.1, -0.05) is 23.3 Å². The fraction of sp³-hybridized carbons (Fsp3) is 0.700. The van der Waals surface area contributed by atoms with Crippen LogP contribution >= 0.6 is 0 Å². The molecule has 23 heavy (non-hydrogen) atoms. The molecule has 3 aliphatic rings.